The molecule has 1 aliphatic rings. The summed E-state index contributed by atoms with van der Waals surface area (Å²) in [5.74, 6) is 1.81. The smallest absolute Gasteiger partial charge is 0.254 e. The lowest BCUT2D eigenvalue weighted by molar-refractivity contribution is -0.575. The van der Waals surface area contributed by atoms with Crippen molar-refractivity contribution in [2.75, 3.05) is 32.7 Å². The molecule has 0 saturated carbocycles. The Kier molecular flexibility index (Phi) is 10.00. The van der Waals surface area contributed by atoms with Gasteiger partial charge < -0.3 is 9.80 Å². The number of hydrogen-bond donors (Lipinski definition) is 2. The molecule has 0 radical (unpaired) electrons. The van der Waals surface area contributed by atoms with Crippen molar-refractivity contribution in [2.45, 2.75) is 72.6 Å². The molecule has 2 N–H and O–H groups in total. The topological polar surface area (TPSA) is 97.9 Å². The Morgan fingerprint density at radius 2 is 1.74 bits per heavy atom. The second-order valence-electron chi connectivity index (χ2n) is 12.6. The van der Waals surface area contributed by atoms with Crippen LogP contribution in [0.2, 0.25) is 0 Å². The van der Waals surface area contributed by atoms with Crippen LogP contribution in [-0.2, 0) is 6.42 Å². The van der Waals surface area contributed by atoms with E-state index in [4.69, 9.17) is 0 Å². The van der Waals surface area contributed by atoms with Gasteiger partial charge in [0.05, 0.1) is 11.1 Å². The standard InChI is InChI=1S/C33H46N8O/c1-24(2)13-19-40(20-14-25(3)4)33(42)28-15-21-41-30(23-28)29(12-9-18-39-16-6-5-7-17-39)31(36-41)26-10-8-11-27(22-26)32-34-37-38-35-32/h8,10-11,15,21-25H,5-7,9,12-14,16-20H2,1-4H3,(H,34,35,37,38)/p+1. The number of tetrazole rings is 1. The number of amides is 1. The number of hydrogen-bond acceptors (Lipinski definition) is 5. The van der Waals surface area contributed by atoms with Crippen LogP contribution in [0.1, 0.15) is 82.1 Å². The SMILES string of the molecule is CC(C)CCN(CCC(C)C)C(=O)c1cc[n+]2[nH]c(-c3cccc(-c4nn[nH]n4)c3)c(CCCN3CCCCC3)c2c1. The van der Waals surface area contributed by atoms with Gasteiger partial charge in [-0.3, -0.25) is 4.79 Å². The van der Waals surface area contributed by atoms with E-state index in [-0.39, 0.29) is 5.91 Å². The summed E-state index contributed by atoms with van der Waals surface area (Å²) in [5.41, 5.74) is 6.10. The fourth-order valence-electron chi connectivity index (χ4n) is 5.86. The van der Waals surface area contributed by atoms with Crippen LogP contribution < -0.4 is 4.52 Å². The first-order valence-electron chi connectivity index (χ1n) is 15.8. The number of likely N-dealkylation sites (tertiary alicyclic amines) is 1. The third-order valence-corrected chi connectivity index (χ3v) is 8.39. The van der Waals surface area contributed by atoms with Crippen LogP contribution in [0.25, 0.3) is 28.2 Å². The van der Waals surface area contributed by atoms with Gasteiger partial charge in [-0.2, -0.15) is 10.3 Å². The van der Waals surface area contributed by atoms with Gasteiger partial charge in [-0.05, 0) is 81.3 Å². The lowest BCUT2D eigenvalue weighted by Crippen LogP contribution is -2.35. The van der Waals surface area contributed by atoms with Gasteiger partial charge in [-0.15, -0.1) is 10.2 Å². The Morgan fingerprint density at radius 3 is 2.43 bits per heavy atom. The summed E-state index contributed by atoms with van der Waals surface area (Å²) < 4.78 is 2.07. The minimum Gasteiger partial charge on any atom is -0.339 e. The third-order valence-electron chi connectivity index (χ3n) is 8.39. The van der Waals surface area contributed by atoms with Gasteiger partial charge in [-0.1, -0.05) is 56.8 Å². The molecule has 9 nitrogen and oxygen atoms in total. The molecule has 1 aromatic carbocycles. The van der Waals surface area contributed by atoms with Gasteiger partial charge >= 0.3 is 0 Å². The van der Waals surface area contributed by atoms with Gasteiger partial charge in [0.2, 0.25) is 17.5 Å². The highest BCUT2D eigenvalue weighted by molar-refractivity contribution is 5.95. The normalized spacial score (nSPS) is 14.3. The molecular formula is C33H47N8O+. The van der Waals surface area contributed by atoms with E-state index in [9.17, 15) is 4.79 Å². The monoisotopic (exact) mass is 571 g/mol. The molecule has 5 rings (SSSR count). The van der Waals surface area contributed by atoms with E-state index in [1.165, 1.54) is 37.9 Å². The maximum absolute atomic E-state index is 13.9. The molecule has 1 saturated heterocycles. The molecule has 9 heteroatoms. The van der Waals surface area contributed by atoms with Crippen molar-refractivity contribution in [1.29, 1.82) is 0 Å². The summed E-state index contributed by atoms with van der Waals surface area (Å²) in [6, 6.07) is 12.3. The van der Waals surface area contributed by atoms with E-state index in [0.717, 1.165) is 73.2 Å². The summed E-state index contributed by atoms with van der Waals surface area (Å²) in [5, 5.41) is 18.3. The zero-order chi connectivity index (χ0) is 29.5. The van der Waals surface area contributed by atoms with E-state index >= 15 is 0 Å². The number of aryl methyl sites for hydroxylation is 1. The first-order valence-corrected chi connectivity index (χ1v) is 15.8. The fraction of sp³-hybridized carbons (Fsp3) is 0.545. The number of H-pyrrole nitrogens is 2. The number of nitrogens with zero attached hydrogens (tertiary/aromatic N) is 6. The van der Waals surface area contributed by atoms with E-state index in [1.807, 2.05) is 24.4 Å². The predicted octanol–water partition coefficient (Wildman–Crippen LogP) is 5.55. The average Bonchev–Trinajstić information content (AvgIpc) is 3.66. The zero-order valence-corrected chi connectivity index (χ0v) is 25.8. The number of piperidine rings is 1. The highest BCUT2D eigenvalue weighted by Crippen LogP contribution is 2.29. The summed E-state index contributed by atoms with van der Waals surface area (Å²) in [6.07, 6.45) is 9.96. The van der Waals surface area contributed by atoms with Crippen molar-refractivity contribution >= 4 is 11.4 Å². The molecule has 0 bridgehead atoms. The van der Waals surface area contributed by atoms with Gasteiger partial charge in [-0.25, -0.2) is 0 Å². The van der Waals surface area contributed by atoms with Gasteiger partial charge in [0.15, 0.2) is 0 Å². The van der Waals surface area contributed by atoms with Crippen LogP contribution in [0.5, 0.6) is 0 Å². The number of fused-ring (bicyclic) bond motifs is 1. The molecule has 1 amide bonds. The molecule has 1 aliphatic heterocycles. The molecule has 0 unspecified atom stereocenters. The maximum atomic E-state index is 13.9. The molecule has 1 fully saturated rings. The predicted molar refractivity (Wildman–Crippen MR) is 166 cm³/mol. The second kappa shape index (κ2) is 14.1. The third kappa shape index (κ3) is 7.43. The number of aromatic amines is 2. The van der Waals surface area contributed by atoms with E-state index < -0.39 is 0 Å². The van der Waals surface area contributed by atoms with Crippen molar-refractivity contribution < 1.29 is 9.31 Å². The van der Waals surface area contributed by atoms with Crippen LogP contribution in [0.15, 0.2) is 42.6 Å². The highest BCUT2D eigenvalue weighted by atomic mass is 16.2. The zero-order valence-electron chi connectivity index (χ0n) is 25.8. The number of nitrogens with one attached hydrogen (secondary N) is 2. The Labute approximate surface area is 249 Å². The van der Waals surface area contributed by atoms with Crippen LogP contribution in [-0.4, -0.2) is 74.2 Å². The van der Waals surface area contributed by atoms with Crippen LogP contribution in [0.4, 0.5) is 0 Å². The first kappa shape index (κ1) is 29.9. The Morgan fingerprint density at radius 1 is 1.00 bits per heavy atom. The second-order valence-corrected chi connectivity index (χ2v) is 12.6. The molecule has 4 heterocycles. The number of carbonyl (C=O) groups excluding carboxylic acids is 1. The molecule has 4 aromatic rings. The van der Waals surface area contributed by atoms with Gasteiger partial charge in [0.1, 0.15) is 5.69 Å². The molecule has 42 heavy (non-hydrogen) atoms. The molecule has 0 atom stereocenters. The van der Waals surface area contributed by atoms with Crippen LogP contribution in [0, 0.1) is 11.8 Å². The number of benzene rings is 1. The van der Waals surface area contributed by atoms with Gasteiger partial charge in [0, 0.05) is 36.3 Å². The van der Waals surface area contributed by atoms with Gasteiger partial charge in [0.25, 0.3) is 5.91 Å². The Balaban J connectivity index is 1.48. The lowest BCUT2D eigenvalue weighted by Gasteiger charge is -2.26. The van der Waals surface area contributed by atoms with E-state index in [2.05, 4.69) is 85.9 Å². The summed E-state index contributed by atoms with van der Waals surface area (Å²) >= 11 is 0. The fourth-order valence-corrected chi connectivity index (χ4v) is 5.86. The van der Waals surface area contributed by atoms with Crippen molar-refractivity contribution in [3.05, 3.63) is 53.7 Å². The quantitative estimate of drug-likeness (QED) is 0.205. The van der Waals surface area contributed by atoms with E-state index in [0.29, 0.717) is 17.7 Å². The molecule has 224 valence electrons. The van der Waals surface area contributed by atoms with Crippen molar-refractivity contribution in [1.82, 2.24) is 35.5 Å². The molecular weight excluding hydrogens is 524 g/mol. The number of rotatable bonds is 13. The molecule has 3 aromatic heterocycles. The minimum atomic E-state index is 0.125. The maximum Gasteiger partial charge on any atom is 0.254 e. The Bertz CT molecular complexity index is 1420. The van der Waals surface area contributed by atoms with Crippen molar-refractivity contribution in [3.63, 3.8) is 0 Å². The highest BCUT2D eigenvalue weighted by Gasteiger charge is 2.25. The first-order chi connectivity index (χ1) is 20.4. The molecule has 0 aliphatic carbocycles. The summed E-state index contributed by atoms with van der Waals surface area (Å²) in [4.78, 5) is 18.5. The van der Waals surface area contributed by atoms with Crippen molar-refractivity contribution in [2.24, 2.45) is 11.8 Å². The summed E-state index contributed by atoms with van der Waals surface area (Å²) in [6.45, 7) is 14.0. The number of aromatic nitrogens is 6. The van der Waals surface area contributed by atoms with Crippen LogP contribution in [0.3, 0.4) is 0 Å². The van der Waals surface area contributed by atoms with E-state index in [1.54, 1.807) is 0 Å². The number of carbonyl (C=O) groups is 1. The van der Waals surface area contributed by atoms with Crippen LogP contribution >= 0.6 is 0 Å². The lowest BCUT2D eigenvalue weighted by atomic mass is 9.99. The summed E-state index contributed by atoms with van der Waals surface area (Å²) in [7, 11) is 0. The largest absolute Gasteiger partial charge is 0.339 e. The minimum absolute atomic E-state index is 0.125. The van der Waals surface area contributed by atoms with Crippen molar-refractivity contribution in [3.8, 4) is 22.6 Å². The Hall–Kier alpha value is -3.59. The molecule has 0 spiro atoms. The average molecular weight is 572 g/mol. The number of pyridine rings is 1.